The largest absolute Gasteiger partial charge is 0.495 e. The average molecular weight is 306 g/mol. The van der Waals surface area contributed by atoms with E-state index < -0.39 is 0 Å². The molecule has 2 rings (SSSR count). The maximum Gasteiger partial charge on any atom is 0.142 e. The van der Waals surface area contributed by atoms with Crippen LogP contribution in [0.5, 0.6) is 11.5 Å². The van der Waals surface area contributed by atoms with Crippen molar-refractivity contribution in [2.45, 2.75) is 26.5 Å². The summed E-state index contributed by atoms with van der Waals surface area (Å²) >= 11 is 6.01. The standard InChI is InChI=1S/C17H20ClNO2/c1-12(2)21-15-7-4-13(5-8-15)11-19-16-10-14(18)6-9-17(16)20-3/h4-10,12,19H,11H2,1-3H3. The Morgan fingerprint density at radius 1 is 1.10 bits per heavy atom. The molecule has 0 amide bonds. The Hall–Kier alpha value is -1.87. The molecule has 0 aliphatic rings. The molecule has 0 bridgehead atoms. The van der Waals surface area contributed by atoms with E-state index in [0.29, 0.717) is 11.6 Å². The number of hydrogen-bond donors (Lipinski definition) is 1. The van der Waals surface area contributed by atoms with Gasteiger partial charge in [0, 0.05) is 11.6 Å². The van der Waals surface area contributed by atoms with Crippen LogP contribution in [0.25, 0.3) is 0 Å². The van der Waals surface area contributed by atoms with Crippen LogP contribution < -0.4 is 14.8 Å². The summed E-state index contributed by atoms with van der Waals surface area (Å²) in [5.41, 5.74) is 2.04. The van der Waals surface area contributed by atoms with Crippen LogP contribution in [0.1, 0.15) is 19.4 Å². The third-order valence-electron chi connectivity index (χ3n) is 2.94. The maximum absolute atomic E-state index is 6.01. The molecule has 0 radical (unpaired) electrons. The molecule has 2 aromatic rings. The van der Waals surface area contributed by atoms with E-state index in [0.717, 1.165) is 22.7 Å². The molecule has 0 fully saturated rings. The van der Waals surface area contributed by atoms with Crippen LogP contribution in [0, 0.1) is 0 Å². The zero-order valence-corrected chi connectivity index (χ0v) is 13.3. The second kappa shape index (κ2) is 7.23. The molecular weight excluding hydrogens is 286 g/mol. The van der Waals surface area contributed by atoms with Gasteiger partial charge in [-0.05, 0) is 49.7 Å². The number of benzene rings is 2. The molecule has 0 atom stereocenters. The summed E-state index contributed by atoms with van der Waals surface area (Å²) in [6, 6.07) is 13.6. The van der Waals surface area contributed by atoms with Gasteiger partial charge >= 0.3 is 0 Å². The summed E-state index contributed by atoms with van der Waals surface area (Å²) in [6.07, 6.45) is 0.185. The molecule has 0 aliphatic carbocycles. The van der Waals surface area contributed by atoms with Gasteiger partial charge in [-0.15, -0.1) is 0 Å². The van der Waals surface area contributed by atoms with Crippen molar-refractivity contribution in [2.24, 2.45) is 0 Å². The van der Waals surface area contributed by atoms with Gasteiger partial charge in [-0.3, -0.25) is 0 Å². The van der Waals surface area contributed by atoms with E-state index in [1.54, 1.807) is 7.11 Å². The fourth-order valence-electron chi connectivity index (χ4n) is 1.97. The first-order chi connectivity index (χ1) is 10.1. The van der Waals surface area contributed by atoms with E-state index in [-0.39, 0.29) is 6.10 Å². The third-order valence-corrected chi connectivity index (χ3v) is 3.17. The van der Waals surface area contributed by atoms with Crippen molar-refractivity contribution in [1.29, 1.82) is 0 Å². The average Bonchev–Trinajstić information content (AvgIpc) is 2.46. The second-order valence-corrected chi connectivity index (χ2v) is 5.45. The van der Waals surface area contributed by atoms with Crippen LogP contribution in [0.4, 0.5) is 5.69 Å². The molecule has 0 aliphatic heterocycles. The Balaban J connectivity index is 2.01. The van der Waals surface area contributed by atoms with Crippen molar-refractivity contribution in [3.63, 3.8) is 0 Å². The molecule has 2 aromatic carbocycles. The topological polar surface area (TPSA) is 30.5 Å². The molecule has 3 nitrogen and oxygen atoms in total. The first-order valence-electron chi connectivity index (χ1n) is 6.91. The fraction of sp³-hybridized carbons (Fsp3) is 0.294. The van der Waals surface area contributed by atoms with E-state index in [4.69, 9.17) is 21.1 Å². The van der Waals surface area contributed by atoms with Crippen LogP contribution in [0.3, 0.4) is 0 Å². The van der Waals surface area contributed by atoms with Crippen molar-refractivity contribution in [1.82, 2.24) is 0 Å². The lowest BCUT2D eigenvalue weighted by molar-refractivity contribution is 0.242. The van der Waals surface area contributed by atoms with Gasteiger partial charge in [0.15, 0.2) is 0 Å². The fourth-order valence-corrected chi connectivity index (χ4v) is 2.15. The molecule has 0 unspecified atom stereocenters. The summed E-state index contributed by atoms with van der Waals surface area (Å²) in [6.45, 7) is 4.72. The maximum atomic E-state index is 6.01. The molecule has 0 spiro atoms. The first-order valence-corrected chi connectivity index (χ1v) is 7.29. The van der Waals surface area contributed by atoms with E-state index in [1.807, 2.05) is 56.3 Å². The Morgan fingerprint density at radius 2 is 1.81 bits per heavy atom. The molecule has 4 heteroatoms. The lowest BCUT2D eigenvalue weighted by atomic mass is 10.2. The van der Waals surface area contributed by atoms with Gasteiger partial charge in [-0.25, -0.2) is 0 Å². The second-order valence-electron chi connectivity index (χ2n) is 5.01. The van der Waals surface area contributed by atoms with Gasteiger partial charge < -0.3 is 14.8 Å². The molecule has 0 heterocycles. The number of anilines is 1. The molecular formula is C17H20ClNO2. The highest BCUT2D eigenvalue weighted by Gasteiger charge is 2.04. The predicted molar refractivity (Wildman–Crippen MR) is 87.5 cm³/mol. The minimum Gasteiger partial charge on any atom is -0.495 e. The van der Waals surface area contributed by atoms with Gasteiger partial charge in [-0.1, -0.05) is 23.7 Å². The van der Waals surface area contributed by atoms with Crippen molar-refractivity contribution in [3.05, 3.63) is 53.1 Å². The lowest BCUT2D eigenvalue weighted by Gasteiger charge is -2.13. The normalized spacial score (nSPS) is 10.5. The van der Waals surface area contributed by atoms with E-state index in [9.17, 15) is 0 Å². The first kappa shape index (κ1) is 15.5. The van der Waals surface area contributed by atoms with Crippen LogP contribution in [0.15, 0.2) is 42.5 Å². The van der Waals surface area contributed by atoms with Crippen LogP contribution in [0.2, 0.25) is 5.02 Å². The van der Waals surface area contributed by atoms with Crippen LogP contribution >= 0.6 is 11.6 Å². The highest BCUT2D eigenvalue weighted by atomic mass is 35.5. The van der Waals surface area contributed by atoms with Gasteiger partial charge in [0.05, 0.1) is 18.9 Å². The Bertz CT molecular complexity index is 582. The Labute approximate surface area is 130 Å². The molecule has 21 heavy (non-hydrogen) atoms. The number of nitrogens with one attached hydrogen (secondary N) is 1. The molecule has 0 saturated carbocycles. The van der Waals surface area contributed by atoms with Gasteiger partial charge in [0.2, 0.25) is 0 Å². The lowest BCUT2D eigenvalue weighted by Crippen LogP contribution is -2.06. The summed E-state index contributed by atoms with van der Waals surface area (Å²) in [7, 11) is 1.65. The predicted octanol–water partition coefficient (Wildman–Crippen LogP) is 4.75. The number of rotatable bonds is 6. The third kappa shape index (κ3) is 4.57. The molecule has 1 N–H and O–H groups in total. The number of halogens is 1. The SMILES string of the molecule is COc1ccc(Cl)cc1NCc1ccc(OC(C)C)cc1. The van der Waals surface area contributed by atoms with Crippen molar-refractivity contribution in [2.75, 3.05) is 12.4 Å². The van der Waals surface area contributed by atoms with Crippen molar-refractivity contribution >= 4 is 17.3 Å². The van der Waals surface area contributed by atoms with Gasteiger partial charge in [0.25, 0.3) is 0 Å². The van der Waals surface area contributed by atoms with E-state index in [1.165, 1.54) is 0 Å². The summed E-state index contributed by atoms with van der Waals surface area (Å²) in [5.74, 6) is 1.66. The Kier molecular flexibility index (Phi) is 5.34. The van der Waals surface area contributed by atoms with E-state index in [2.05, 4.69) is 5.32 Å². The molecule has 0 aromatic heterocycles. The summed E-state index contributed by atoms with van der Waals surface area (Å²) in [4.78, 5) is 0. The summed E-state index contributed by atoms with van der Waals surface area (Å²) in [5, 5.41) is 4.01. The molecule has 0 saturated heterocycles. The smallest absolute Gasteiger partial charge is 0.142 e. The number of hydrogen-bond acceptors (Lipinski definition) is 3. The summed E-state index contributed by atoms with van der Waals surface area (Å²) < 4.78 is 10.9. The monoisotopic (exact) mass is 305 g/mol. The van der Waals surface area contributed by atoms with Gasteiger partial charge in [-0.2, -0.15) is 0 Å². The minimum atomic E-state index is 0.185. The van der Waals surface area contributed by atoms with E-state index >= 15 is 0 Å². The zero-order valence-electron chi connectivity index (χ0n) is 12.5. The van der Waals surface area contributed by atoms with Crippen LogP contribution in [-0.2, 0) is 6.54 Å². The Morgan fingerprint density at radius 3 is 2.43 bits per heavy atom. The number of methoxy groups -OCH3 is 1. The minimum absolute atomic E-state index is 0.185. The van der Waals surface area contributed by atoms with Crippen molar-refractivity contribution < 1.29 is 9.47 Å². The van der Waals surface area contributed by atoms with Crippen LogP contribution in [-0.4, -0.2) is 13.2 Å². The zero-order chi connectivity index (χ0) is 15.2. The highest BCUT2D eigenvalue weighted by Crippen LogP contribution is 2.28. The quantitative estimate of drug-likeness (QED) is 0.835. The van der Waals surface area contributed by atoms with Gasteiger partial charge in [0.1, 0.15) is 11.5 Å². The van der Waals surface area contributed by atoms with Crippen molar-refractivity contribution in [3.8, 4) is 11.5 Å². The number of ether oxygens (including phenoxy) is 2. The highest BCUT2D eigenvalue weighted by molar-refractivity contribution is 6.30. The molecule has 112 valence electrons.